The van der Waals surface area contributed by atoms with Crippen LogP contribution in [0.2, 0.25) is 0 Å². The van der Waals surface area contributed by atoms with E-state index in [0.717, 1.165) is 12.8 Å². The molecule has 2 rings (SSSR count). The van der Waals surface area contributed by atoms with Gasteiger partial charge in [-0.2, -0.15) is 0 Å². The quantitative estimate of drug-likeness (QED) is 0.569. The van der Waals surface area contributed by atoms with Gasteiger partial charge in [-0.05, 0) is 32.1 Å². The van der Waals surface area contributed by atoms with Gasteiger partial charge in [-0.1, -0.05) is 0 Å². The fourth-order valence-electron chi connectivity index (χ4n) is 2.68. The molecule has 0 spiro atoms. The molecule has 0 aromatic rings. The lowest BCUT2D eigenvalue weighted by atomic mass is 10.1. The van der Waals surface area contributed by atoms with Crippen LogP contribution in [0.25, 0.3) is 0 Å². The molecule has 0 amide bonds. The van der Waals surface area contributed by atoms with E-state index in [0.29, 0.717) is 55.1 Å². The van der Waals surface area contributed by atoms with Crippen LogP contribution in [0.5, 0.6) is 0 Å². The van der Waals surface area contributed by atoms with E-state index in [1.165, 1.54) is 0 Å². The monoisotopic (exact) mass is 364 g/mol. The zero-order valence-corrected chi connectivity index (χ0v) is 14.8. The van der Waals surface area contributed by atoms with E-state index < -0.39 is 21.6 Å². The lowest BCUT2D eigenvalue weighted by molar-refractivity contribution is -0.153. The van der Waals surface area contributed by atoms with Gasteiger partial charge in [0, 0.05) is 57.5 Å². The summed E-state index contributed by atoms with van der Waals surface area (Å²) in [5.74, 6) is 1.42. The van der Waals surface area contributed by atoms with E-state index in [2.05, 4.69) is 0 Å². The molecule has 2 heterocycles. The Labute approximate surface area is 141 Å². The Balaban J connectivity index is 1.54. The summed E-state index contributed by atoms with van der Waals surface area (Å²) in [5.41, 5.74) is 0. The van der Waals surface area contributed by atoms with Crippen LogP contribution in [-0.2, 0) is 40.7 Å². The van der Waals surface area contributed by atoms with Crippen LogP contribution in [0.15, 0.2) is 0 Å². The topological polar surface area (TPSA) is 86.7 Å². The Morgan fingerprint density at radius 1 is 0.783 bits per heavy atom. The maximum absolute atomic E-state index is 11.9. The van der Waals surface area contributed by atoms with Crippen LogP contribution in [0.4, 0.5) is 0 Å². The average Bonchev–Trinajstić information content (AvgIpc) is 2.94. The molecule has 0 saturated carbocycles. The third-order valence-corrected chi connectivity index (χ3v) is 7.01. The van der Waals surface area contributed by atoms with Crippen LogP contribution in [0.1, 0.15) is 44.9 Å². The molecule has 8 heteroatoms. The number of ether oxygens (including phenoxy) is 2. The highest BCUT2D eigenvalue weighted by atomic mass is 32.2. The summed E-state index contributed by atoms with van der Waals surface area (Å²) in [6.07, 6.45) is 4.34. The molecule has 0 aliphatic carbocycles. The molecule has 0 radical (unpaired) electrons. The van der Waals surface area contributed by atoms with Crippen molar-refractivity contribution in [3.63, 3.8) is 0 Å². The Bertz CT molecular complexity index is 479. The number of esters is 2. The molecule has 0 aromatic heterocycles. The molecule has 4 atom stereocenters. The van der Waals surface area contributed by atoms with Crippen molar-refractivity contribution >= 4 is 33.5 Å². The van der Waals surface area contributed by atoms with E-state index in [1.54, 1.807) is 0 Å². The van der Waals surface area contributed by atoms with Crippen molar-refractivity contribution in [1.82, 2.24) is 0 Å². The standard InChI is InChI=1S/C15H24O6S2/c16-14-3-1-2-12(20-14)6-8-22(18)10-11-23(19)9-7-13-4-5-15(17)21-13/h12-13H,1-11H2. The first-order valence-corrected chi connectivity index (χ1v) is 11.1. The fourth-order valence-corrected chi connectivity index (χ4v) is 5.63. The molecule has 0 bridgehead atoms. The molecule has 6 nitrogen and oxygen atoms in total. The van der Waals surface area contributed by atoms with Crippen molar-refractivity contribution in [2.24, 2.45) is 0 Å². The van der Waals surface area contributed by atoms with E-state index >= 15 is 0 Å². The molecular formula is C15H24O6S2. The number of carbonyl (C=O) groups is 2. The first kappa shape index (κ1) is 18.6. The van der Waals surface area contributed by atoms with Crippen molar-refractivity contribution < 1.29 is 27.5 Å². The third-order valence-electron chi connectivity index (χ3n) is 4.05. The van der Waals surface area contributed by atoms with E-state index in [4.69, 9.17) is 9.47 Å². The second-order valence-corrected chi connectivity index (χ2v) is 9.32. The third kappa shape index (κ3) is 7.12. The lowest BCUT2D eigenvalue weighted by Crippen LogP contribution is -2.25. The van der Waals surface area contributed by atoms with Gasteiger partial charge in [-0.3, -0.25) is 18.0 Å². The Kier molecular flexibility index (Phi) is 7.69. The number of hydrogen-bond acceptors (Lipinski definition) is 6. The summed E-state index contributed by atoms with van der Waals surface area (Å²) in [6, 6.07) is 0. The summed E-state index contributed by atoms with van der Waals surface area (Å²) in [6.45, 7) is 0. The van der Waals surface area contributed by atoms with Crippen molar-refractivity contribution in [3.05, 3.63) is 0 Å². The summed E-state index contributed by atoms with van der Waals surface area (Å²) in [5, 5.41) is 0. The summed E-state index contributed by atoms with van der Waals surface area (Å²) in [4.78, 5) is 22.1. The van der Waals surface area contributed by atoms with Crippen molar-refractivity contribution in [1.29, 1.82) is 0 Å². The predicted octanol–water partition coefficient (Wildman–Crippen LogP) is 1.07. The Hall–Kier alpha value is -0.760. The van der Waals surface area contributed by atoms with Gasteiger partial charge in [-0.15, -0.1) is 0 Å². The van der Waals surface area contributed by atoms with E-state index in [1.807, 2.05) is 0 Å². The van der Waals surface area contributed by atoms with Crippen LogP contribution in [-0.4, -0.2) is 55.6 Å². The van der Waals surface area contributed by atoms with Gasteiger partial charge in [0.05, 0.1) is 0 Å². The second kappa shape index (κ2) is 9.52. The van der Waals surface area contributed by atoms with Crippen LogP contribution >= 0.6 is 0 Å². The van der Waals surface area contributed by atoms with Crippen molar-refractivity contribution in [2.45, 2.75) is 57.2 Å². The first-order valence-electron chi connectivity index (χ1n) is 8.12. The minimum Gasteiger partial charge on any atom is -0.462 e. The molecular weight excluding hydrogens is 340 g/mol. The highest BCUT2D eigenvalue weighted by Crippen LogP contribution is 2.18. The molecule has 2 aliphatic heterocycles. The minimum absolute atomic E-state index is 0.0991. The zero-order valence-electron chi connectivity index (χ0n) is 13.2. The molecule has 2 fully saturated rings. The number of cyclic esters (lactones) is 2. The molecule has 4 unspecified atom stereocenters. The van der Waals surface area contributed by atoms with Gasteiger partial charge in [0.15, 0.2) is 0 Å². The van der Waals surface area contributed by atoms with Crippen molar-refractivity contribution in [2.75, 3.05) is 23.0 Å². The normalized spacial score (nSPS) is 27.3. The molecule has 132 valence electrons. The summed E-state index contributed by atoms with van der Waals surface area (Å²) < 4.78 is 34.1. The number of hydrogen-bond donors (Lipinski definition) is 0. The minimum atomic E-state index is -1.03. The Morgan fingerprint density at radius 3 is 1.83 bits per heavy atom. The molecule has 23 heavy (non-hydrogen) atoms. The number of rotatable bonds is 9. The van der Waals surface area contributed by atoms with Gasteiger partial charge in [0.2, 0.25) is 0 Å². The van der Waals surface area contributed by atoms with E-state index in [-0.39, 0.29) is 24.1 Å². The maximum atomic E-state index is 11.9. The molecule has 2 aliphatic rings. The Morgan fingerprint density at radius 2 is 1.30 bits per heavy atom. The van der Waals surface area contributed by atoms with Gasteiger partial charge in [0.1, 0.15) is 12.2 Å². The maximum Gasteiger partial charge on any atom is 0.306 e. The SMILES string of the molecule is O=C1CCCC(CCS(=O)CCS(=O)CCC2CCC(=O)O2)O1. The van der Waals surface area contributed by atoms with Crippen LogP contribution in [0.3, 0.4) is 0 Å². The molecule has 0 aromatic carbocycles. The lowest BCUT2D eigenvalue weighted by Gasteiger charge is -2.21. The van der Waals surface area contributed by atoms with Gasteiger partial charge in [-0.25, -0.2) is 0 Å². The fraction of sp³-hybridized carbons (Fsp3) is 0.867. The highest BCUT2D eigenvalue weighted by molar-refractivity contribution is 7.88. The van der Waals surface area contributed by atoms with E-state index in [9.17, 15) is 18.0 Å². The van der Waals surface area contributed by atoms with Crippen LogP contribution < -0.4 is 0 Å². The highest BCUT2D eigenvalue weighted by Gasteiger charge is 2.24. The second-order valence-electron chi connectivity index (χ2n) is 5.93. The molecule has 2 saturated heterocycles. The first-order chi connectivity index (χ1) is 11.0. The van der Waals surface area contributed by atoms with Crippen molar-refractivity contribution in [3.8, 4) is 0 Å². The predicted molar refractivity (Wildman–Crippen MR) is 87.8 cm³/mol. The zero-order chi connectivity index (χ0) is 16.7. The molecule has 0 N–H and O–H groups in total. The van der Waals surface area contributed by atoms with Crippen LogP contribution in [0, 0.1) is 0 Å². The smallest absolute Gasteiger partial charge is 0.306 e. The average molecular weight is 364 g/mol. The van der Waals surface area contributed by atoms with Gasteiger partial charge in [0.25, 0.3) is 0 Å². The van der Waals surface area contributed by atoms with Gasteiger partial charge >= 0.3 is 11.9 Å². The van der Waals surface area contributed by atoms with Gasteiger partial charge < -0.3 is 9.47 Å². The largest absolute Gasteiger partial charge is 0.462 e. The number of carbonyl (C=O) groups excluding carboxylic acids is 2. The summed E-state index contributed by atoms with van der Waals surface area (Å²) >= 11 is 0. The summed E-state index contributed by atoms with van der Waals surface area (Å²) in [7, 11) is -2.07.